The first-order valence-electron chi connectivity index (χ1n) is 8.78. The van der Waals surface area contributed by atoms with E-state index < -0.39 is 16.1 Å². The molecule has 0 bridgehead atoms. The molecular weight excluding hydrogens is 364 g/mol. The number of amides is 1. The first kappa shape index (κ1) is 20.8. The van der Waals surface area contributed by atoms with Gasteiger partial charge in [0, 0.05) is 12.1 Å². The van der Waals surface area contributed by atoms with Crippen LogP contribution >= 0.6 is 0 Å². The SMILES string of the molecule is CCOc1ccccc1CNC(=O)[C@H](C)N(c1ccc(C)cc1)S(C)(=O)=O. The van der Waals surface area contributed by atoms with Crippen molar-refractivity contribution in [2.75, 3.05) is 17.2 Å². The molecule has 1 N–H and O–H groups in total. The van der Waals surface area contributed by atoms with Crippen molar-refractivity contribution in [3.8, 4) is 5.75 Å². The van der Waals surface area contributed by atoms with Crippen LogP contribution in [0.1, 0.15) is 25.0 Å². The summed E-state index contributed by atoms with van der Waals surface area (Å²) in [4.78, 5) is 12.7. The second kappa shape index (κ2) is 8.90. The fraction of sp³-hybridized carbons (Fsp3) is 0.350. The highest BCUT2D eigenvalue weighted by Gasteiger charge is 2.29. The molecule has 0 aromatic heterocycles. The Labute approximate surface area is 161 Å². The lowest BCUT2D eigenvalue weighted by Crippen LogP contribution is -2.47. The Kier molecular flexibility index (Phi) is 6.85. The van der Waals surface area contributed by atoms with Gasteiger partial charge < -0.3 is 10.1 Å². The number of sulfonamides is 1. The molecule has 0 fully saturated rings. The Morgan fingerprint density at radius 3 is 2.37 bits per heavy atom. The largest absolute Gasteiger partial charge is 0.494 e. The molecule has 0 saturated heterocycles. The molecule has 0 heterocycles. The number of nitrogens with one attached hydrogen (secondary N) is 1. The Bertz CT molecular complexity index is 879. The maximum Gasteiger partial charge on any atom is 0.243 e. The Morgan fingerprint density at radius 2 is 1.78 bits per heavy atom. The van der Waals surface area contributed by atoms with Crippen LogP contribution in [0, 0.1) is 6.92 Å². The van der Waals surface area contributed by atoms with E-state index in [1.165, 1.54) is 0 Å². The van der Waals surface area contributed by atoms with Crippen LogP contribution in [0.5, 0.6) is 5.75 Å². The van der Waals surface area contributed by atoms with Crippen molar-refractivity contribution in [1.82, 2.24) is 5.32 Å². The van der Waals surface area contributed by atoms with Gasteiger partial charge in [-0.3, -0.25) is 9.10 Å². The van der Waals surface area contributed by atoms with Crippen LogP contribution < -0.4 is 14.4 Å². The lowest BCUT2D eigenvalue weighted by Gasteiger charge is -2.28. The third-order valence-electron chi connectivity index (χ3n) is 4.10. The highest BCUT2D eigenvalue weighted by molar-refractivity contribution is 7.92. The van der Waals surface area contributed by atoms with Gasteiger partial charge in [0.25, 0.3) is 0 Å². The van der Waals surface area contributed by atoms with Crippen molar-refractivity contribution in [1.29, 1.82) is 0 Å². The molecule has 2 rings (SSSR count). The van der Waals surface area contributed by atoms with Gasteiger partial charge in [-0.2, -0.15) is 0 Å². The third kappa shape index (κ3) is 5.47. The molecule has 0 saturated carbocycles. The summed E-state index contributed by atoms with van der Waals surface area (Å²) < 4.78 is 31.3. The van der Waals surface area contributed by atoms with E-state index in [9.17, 15) is 13.2 Å². The van der Waals surface area contributed by atoms with Gasteiger partial charge in [0.05, 0.1) is 18.6 Å². The number of para-hydroxylation sites is 1. The minimum absolute atomic E-state index is 0.255. The van der Waals surface area contributed by atoms with E-state index in [0.29, 0.717) is 18.0 Å². The Balaban J connectivity index is 2.17. The predicted molar refractivity (Wildman–Crippen MR) is 107 cm³/mol. The maximum atomic E-state index is 12.7. The van der Waals surface area contributed by atoms with Gasteiger partial charge in [0.15, 0.2) is 0 Å². The molecule has 27 heavy (non-hydrogen) atoms. The first-order valence-corrected chi connectivity index (χ1v) is 10.6. The lowest BCUT2D eigenvalue weighted by atomic mass is 10.2. The Morgan fingerprint density at radius 1 is 1.15 bits per heavy atom. The zero-order valence-electron chi connectivity index (χ0n) is 16.1. The Hall–Kier alpha value is -2.54. The quantitative estimate of drug-likeness (QED) is 0.752. The molecule has 0 aliphatic carbocycles. The number of rotatable bonds is 8. The van der Waals surface area contributed by atoms with E-state index in [1.54, 1.807) is 19.1 Å². The van der Waals surface area contributed by atoms with Crippen molar-refractivity contribution >= 4 is 21.6 Å². The average Bonchev–Trinajstić information content (AvgIpc) is 2.61. The van der Waals surface area contributed by atoms with E-state index >= 15 is 0 Å². The van der Waals surface area contributed by atoms with E-state index in [2.05, 4.69) is 5.32 Å². The number of aryl methyl sites for hydroxylation is 1. The number of hydrogen-bond acceptors (Lipinski definition) is 4. The second-order valence-corrected chi connectivity index (χ2v) is 8.19. The molecule has 0 spiro atoms. The van der Waals surface area contributed by atoms with Crippen LogP contribution in [0.15, 0.2) is 48.5 Å². The second-order valence-electron chi connectivity index (χ2n) is 6.33. The monoisotopic (exact) mass is 390 g/mol. The molecule has 6 nitrogen and oxygen atoms in total. The number of carbonyl (C=O) groups is 1. The van der Waals surface area contributed by atoms with E-state index in [-0.39, 0.29) is 12.5 Å². The van der Waals surface area contributed by atoms with Crippen LogP contribution in [-0.2, 0) is 21.4 Å². The summed E-state index contributed by atoms with van der Waals surface area (Å²) in [7, 11) is -3.63. The molecule has 1 atom stereocenters. The molecular formula is C20H26N2O4S. The van der Waals surface area contributed by atoms with Crippen molar-refractivity contribution in [2.45, 2.75) is 33.4 Å². The van der Waals surface area contributed by atoms with Crippen molar-refractivity contribution in [3.63, 3.8) is 0 Å². The molecule has 2 aromatic carbocycles. The highest BCUT2D eigenvalue weighted by Crippen LogP contribution is 2.22. The van der Waals surface area contributed by atoms with Gasteiger partial charge in [0.2, 0.25) is 15.9 Å². The van der Waals surface area contributed by atoms with Crippen LogP contribution in [0.3, 0.4) is 0 Å². The zero-order chi connectivity index (χ0) is 20.0. The average molecular weight is 391 g/mol. The predicted octanol–water partition coefficient (Wildman–Crippen LogP) is 2.86. The van der Waals surface area contributed by atoms with Crippen molar-refractivity contribution in [3.05, 3.63) is 59.7 Å². The third-order valence-corrected chi connectivity index (χ3v) is 5.34. The first-order chi connectivity index (χ1) is 12.7. The van der Waals surface area contributed by atoms with Crippen LogP contribution in [-0.4, -0.2) is 33.2 Å². The number of benzene rings is 2. The molecule has 7 heteroatoms. The fourth-order valence-corrected chi connectivity index (χ4v) is 3.95. The topological polar surface area (TPSA) is 75.7 Å². The molecule has 0 aliphatic heterocycles. The molecule has 0 unspecified atom stereocenters. The fourth-order valence-electron chi connectivity index (χ4n) is 2.78. The number of hydrogen-bond donors (Lipinski definition) is 1. The smallest absolute Gasteiger partial charge is 0.243 e. The minimum atomic E-state index is -3.63. The summed E-state index contributed by atoms with van der Waals surface area (Å²) in [5.41, 5.74) is 2.30. The van der Waals surface area contributed by atoms with E-state index in [1.807, 2.05) is 50.2 Å². The number of nitrogens with zero attached hydrogens (tertiary/aromatic N) is 1. The van der Waals surface area contributed by atoms with Crippen LogP contribution in [0.25, 0.3) is 0 Å². The standard InChI is InChI=1S/C20H26N2O4S/c1-5-26-19-9-7-6-8-17(19)14-21-20(23)16(3)22(27(4,24)25)18-12-10-15(2)11-13-18/h6-13,16H,5,14H2,1-4H3,(H,21,23)/t16-/m0/s1. The summed E-state index contributed by atoms with van der Waals surface area (Å²) in [6, 6.07) is 13.6. The van der Waals surface area contributed by atoms with Gasteiger partial charge >= 0.3 is 0 Å². The summed E-state index contributed by atoms with van der Waals surface area (Å²) in [6.07, 6.45) is 1.10. The zero-order valence-corrected chi connectivity index (χ0v) is 16.9. The number of ether oxygens (including phenoxy) is 1. The highest BCUT2D eigenvalue weighted by atomic mass is 32.2. The maximum absolute atomic E-state index is 12.7. The normalized spacial score (nSPS) is 12.3. The molecule has 0 aliphatic rings. The molecule has 146 valence electrons. The van der Waals surface area contributed by atoms with Crippen molar-refractivity contribution < 1.29 is 17.9 Å². The number of anilines is 1. The van der Waals surface area contributed by atoms with Crippen LogP contribution in [0.4, 0.5) is 5.69 Å². The summed E-state index contributed by atoms with van der Waals surface area (Å²) >= 11 is 0. The molecule has 2 aromatic rings. The molecule has 0 radical (unpaired) electrons. The summed E-state index contributed by atoms with van der Waals surface area (Å²) in [5, 5.41) is 2.81. The van der Waals surface area contributed by atoms with E-state index in [0.717, 1.165) is 21.7 Å². The molecule has 1 amide bonds. The number of carbonyl (C=O) groups excluding carboxylic acids is 1. The van der Waals surface area contributed by atoms with Gasteiger partial charge in [-0.25, -0.2) is 8.42 Å². The van der Waals surface area contributed by atoms with Gasteiger partial charge in [-0.15, -0.1) is 0 Å². The minimum Gasteiger partial charge on any atom is -0.494 e. The van der Waals surface area contributed by atoms with E-state index in [4.69, 9.17) is 4.74 Å². The van der Waals surface area contributed by atoms with Gasteiger partial charge in [0.1, 0.15) is 11.8 Å². The summed E-state index contributed by atoms with van der Waals surface area (Å²) in [6.45, 7) is 6.16. The van der Waals surface area contributed by atoms with Gasteiger partial charge in [-0.1, -0.05) is 35.9 Å². The van der Waals surface area contributed by atoms with Crippen LogP contribution in [0.2, 0.25) is 0 Å². The van der Waals surface area contributed by atoms with Crippen molar-refractivity contribution in [2.24, 2.45) is 0 Å². The summed E-state index contributed by atoms with van der Waals surface area (Å²) in [5.74, 6) is 0.318. The van der Waals surface area contributed by atoms with Gasteiger partial charge in [-0.05, 0) is 39.0 Å². The lowest BCUT2D eigenvalue weighted by molar-refractivity contribution is -0.122.